The third-order valence-corrected chi connectivity index (χ3v) is 6.47. The summed E-state index contributed by atoms with van der Waals surface area (Å²) in [5.41, 5.74) is 2.82. The van der Waals surface area contributed by atoms with Gasteiger partial charge in [-0.05, 0) is 17.5 Å². The Kier molecular flexibility index (Phi) is 9.56. The standard InChI is InChI=1S/C25H36N8O3/c34-21(17-33-9-5-19-3-1-2-4-20(19)16-33)14-29-25(36)22-13-23(31-18-30-22)28-15-24(35)27-8-12-32-10-6-26-7-11-32/h1-4,13,18,21,26,34H,5-12,14-17H2,(H,27,35)(H,29,36)(H,28,30,31). The first-order valence-electron chi connectivity index (χ1n) is 12.6. The van der Waals surface area contributed by atoms with Crippen LogP contribution in [0.25, 0.3) is 0 Å². The molecule has 11 heteroatoms. The van der Waals surface area contributed by atoms with Gasteiger partial charge in [-0.2, -0.15) is 0 Å². The van der Waals surface area contributed by atoms with Crippen LogP contribution in [0.3, 0.4) is 0 Å². The van der Waals surface area contributed by atoms with Crippen molar-refractivity contribution in [1.29, 1.82) is 0 Å². The summed E-state index contributed by atoms with van der Waals surface area (Å²) in [7, 11) is 0. The normalized spacial score (nSPS) is 17.1. The summed E-state index contributed by atoms with van der Waals surface area (Å²) in [5.74, 6) is -0.151. The number of aliphatic hydroxyl groups excluding tert-OH is 1. The monoisotopic (exact) mass is 496 g/mol. The highest BCUT2D eigenvalue weighted by Crippen LogP contribution is 2.18. The lowest BCUT2D eigenvalue weighted by atomic mass is 10.00. The number of nitrogens with zero attached hydrogens (tertiary/aromatic N) is 4. The number of piperazine rings is 1. The molecule has 2 aromatic rings. The van der Waals surface area contributed by atoms with E-state index in [0.717, 1.165) is 52.2 Å². The van der Waals surface area contributed by atoms with Crippen LogP contribution < -0.4 is 21.3 Å². The second-order valence-corrected chi connectivity index (χ2v) is 9.20. The molecule has 1 aromatic heterocycles. The molecule has 0 radical (unpaired) electrons. The van der Waals surface area contributed by atoms with Gasteiger partial charge in [-0.1, -0.05) is 24.3 Å². The van der Waals surface area contributed by atoms with Gasteiger partial charge in [0.2, 0.25) is 5.91 Å². The maximum Gasteiger partial charge on any atom is 0.270 e. The van der Waals surface area contributed by atoms with Crippen LogP contribution in [-0.2, 0) is 17.8 Å². The number of aliphatic hydroxyl groups is 1. The summed E-state index contributed by atoms with van der Waals surface area (Å²) < 4.78 is 0. The number of carbonyl (C=O) groups is 2. The zero-order chi connectivity index (χ0) is 25.2. The Morgan fingerprint density at radius 3 is 2.69 bits per heavy atom. The van der Waals surface area contributed by atoms with Gasteiger partial charge < -0.3 is 26.4 Å². The number of nitrogens with one attached hydrogen (secondary N) is 4. The highest BCUT2D eigenvalue weighted by Gasteiger charge is 2.19. The maximum absolute atomic E-state index is 12.5. The van der Waals surface area contributed by atoms with E-state index >= 15 is 0 Å². The van der Waals surface area contributed by atoms with Gasteiger partial charge in [-0.15, -0.1) is 0 Å². The Morgan fingerprint density at radius 2 is 1.86 bits per heavy atom. The van der Waals surface area contributed by atoms with E-state index in [0.29, 0.717) is 18.9 Å². The number of carbonyl (C=O) groups excluding carboxylic acids is 2. The number of fused-ring (bicyclic) bond motifs is 1. The molecule has 0 bridgehead atoms. The highest BCUT2D eigenvalue weighted by molar-refractivity contribution is 5.93. The summed E-state index contributed by atoms with van der Waals surface area (Å²) in [6.07, 6.45) is 1.55. The molecule has 11 nitrogen and oxygen atoms in total. The molecule has 4 rings (SSSR count). The smallest absolute Gasteiger partial charge is 0.270 e. The van der Waals surface area contributed by atoms with E-state index in [9.17, 15) is 14.7 Å². The molecule has 0 aliphatic carbocycles. The number of hydrogen-bond acceptors (Lipinski definition) is 9. The minimum atomic E-state index is -0.691. The zero-order valence-corrected chi connectivity index (χ0v) is 20.6. The van der Waals surface area contributed by atoms with E-state index < -0.39 is 12.0 Å². The van der Waals surface area contributed by atoms with Crippen molar-refractivity contribution in [2.45, 2.75) is 19.1 Å². The van der Waals surface area contributed by atoms with Crippen molar-refractivity contribution in [3.63, 3.8) is 0 Å². The molecule has 5 N–H and O–H groups in total. The van der Waals surface area contributed by atoms with E-state index in [1.807, 2.05) is 6.07 Å². The van der Waals surface area contributed by atoms with Gasteiger partial charge in [0.1, 0.15) is 17.8 Å². The Balaban J connectivity index is 1.15. The molecule has 2 aliphatic heterocycles. The Hall–Kier alpha value is -3.12. The molecular formula is C25H36N8O3. The minimum Gasteiger partial charge on any atom is -0.390 e. The molecule has 2 aliphatic rings. The minimum absolute atomic E-state index is 0.0529. The third-order valence-electron chi connectivity index (χ3n) is 6.47. The average molecular weight is 497 g/mol. The Morgan fingerprint density at radius 1 is 1.06 bits per heavy atom. The first-order chi connectivity index (χ1) is 17.6. The van der Waals surface area contributed by atoms with Crippen molar-refractivity contribution < 1.29 is 14.7 Å². The molecule has 2 amide bonds. The molecule has 1 unspecified atom stereocenters. The van der Waals surface area contributed by atoms with Crippen molar-refractivity contribution in [1.82, 2.24) is 35.7 Å². The van der Waals surface area contributed by atoms with Gasteiger partial charge in [-0.3, -0.25) is 19.4 Å². The number of benzene rings is 1. The van der Waals surface area contributed by atoms with Crippen LogP contribution in [0, 0.1) is 0 Å². The number of aromatic nitrogens is 2. The fraction of sp³-hybridized carbons (Fsp3) is 0.520. The molecular weight excluding hydrogens is 460 g/mol. The quantitative estimate of drug-likeness (QED) is 0.267. The highest BCUT2D eigenvalue weighted by atomic mass is 16.3. The first kappa shape index (κ1) is 26.0. The molecule has 3 heterocycles. The second-order valence-electron chi connectivity index (χ2n) is 9.20. The van der Waals surface area contributed by atoms with E-state index in [1.165, 1.54) is 23.5 Å². The summed E-state index contributed by atoms with van der Waals surface area (Å²) in [4.78, 5) is 37.3. The largest absolute Gasteiger partial charge is 0.390 e. The van der Waals surface area contributed by atoms with Crippen LogP contribution in [0.5, 0.6) is 0 Å². The van der Waals surface area contributed by atoms with Gasteiger partial charge in [-0.25, -0.2) is 9.97 Å². The Bertz CT molecular complexity index is 1010. The lowest BCUT2D eigenvalue weighted by Crippen LogP contribution is -2.46. The lowest BCUT2D eigenvalue weighted by molar-refractivity contribution is -0.119. The second kappa shape index (κ2) is 13.3. The van der Waals surface area contributed by atoms with Gasteiger partial charge in [0.05, 0.1) is 12.6 Å². The summed E-state index contributed by atoms with van der Waals surface area (Å²) >= 11 is 0. The molecule has 194 valence electrons. The van der Waals surface area contributed by atoms with Gasteiger partial charge >= 0.3 is 0 Å². The molecule has 36 heavy (non-hydrogen) atoms. The van der Waals surface area contributed by atoms with Crippen LogP contribution in [0.15, 0.2) is 36.7 Å². The number of anilines is 1. The van der Waals surface area contributed by atoms with Crippen molar-refractivity contribution in [3.05, 3.63) is 53.5 Å². The topological polar surface area (TPSA) is 135 Å². The van der Waals surface area contributed by atoms with Crippen LogP contribution in [-0.4, -0.2) is 108 Å². The third kappa shape index (κ3) is 7.95. The van der Waals surface area contributed by atoms with Crippen LogP contribution >= 0.6 is 0 Å². The van der Waals surface area contributed by atoms with E-state index in [4.69, 9.17) is 0 Å². The number of β-amino-alcohol motifs (C(OH)–C–C–N with tert-alkyl or cyclic N) is 1. The fourth-order valence-corrected chi connectivity index (χ4v) is 4.47. The maximum atomic E-state index is 12.5. The van der Waals surface area contributed by atoms with Crippen LogP contribution in [0.4, 0.5) is 5.82 Å². The summed E-state index contributed by atoms with van der Waals surface area (Å²) in [6.45, 7) is 7.68. The van der Waals surface area contributed by atoms with Crippen molar-refractivity contribution >= 4 is 17.6 Å². The van der Waals surface area contributed by atoms with Crippen LogP contribution in [0.2, 0.25) is 0 Å². The Labute approximate surface area is 211 Å². The number of rotatable bonds is 11. The summed E-state index contributed by atoms with van der Waals surface area (Å²) in [6, 6.07) is 9.85. The SMILES string of the molecule is O=C(CNc1cc(C(=O)NCC(O)CN2CCc3ccccc3C2)ncn1)NCCN1CCNCC1. The van der Waals surface area contributed by atoms with E-state index in [1.54, 1.807) is 0 Å². The van der Waals surface area contributed by atoms with Crippen LogP contribution in [0.1, 0.15) is 21.6 Å². The summed E-state index contributed by atoms with van der Waals surface area (Å²) in [5, 5.41) is 22.3. The van der Waals surface area contributed by atoms with Gasteiger partial charge in [0.25, 0.3) is 5.91 Å². The molecule has 1 saturated heterocycles. The van der Waals surface area contributed by atoms with Gasteiger partial charge in [0, 0.05) is 71.5 Å². The molecule has 1 atom stereocenters. The molecule has 0 spiro atoms. The molecule has 0 saturated carbocycles. The first-order valence-corrected chi connectivity index (χ1v) is 12.6. The zero-order valence-electron chi connectivity index (χ0n) is 20.6. The lowest BCUT2D eigenvalue weighted by Gasteiger charge is -2.30. The average Bonchev–Trinajstić information content (AvgIpc) is 2.91. The van der Waals surface area contributed by atoms with E-state index in [-0.39, 0.29) is 24.7 Å². The molecule has 1 aromatic carbocycles. The van der Waals surface area contributed by atoms with Crippen molar-refractivity contribution in [3.8, 4) is 0 Å². The predicted octanol–water partition coefficient (Wildman–Crippen LogP) is -0.941. The number of amides is 2. The van der Waals surface area contributed by atoms with Crippen molar-refractivity contribution in [2.24, 2.45) is 0 Å². The number of hydrogen-bond donors (Lipinski definition) is 5. The van der Waals surface area contributed by atoms with E-state index in [2.05, 4.69) is 59.2 Å². The predicted molar refractivity (Wildman–Crippen MR) is 137 cm³/mol. The van der Waals surface area contributed by atoms with Gasteiger partial charge in [0.15, 0.2) is 0 Å². The fourth-order valence-electron chi connectivity index (χ4n) is 4.47. The molecule has 1 fully saturated rings. The van der Waals surface area contributed by atoms with Crippen molar-refractivity contribution in [2.75, 3.05) is 70.8 Å².